The summed E-state index contributed by atoms with van der Waals surface area (Å²) in [6.45, 7) is 3.00. The molecule has 3 aromatic rings. The van der Waals surface area contributed by atoms with E-state index in [0.717, 1.165) is 26.8 Å². The summed E-state index contributed by atoms with van der Waals surface area (Å²) in [5.41, 5.74) is 0.980. The van der Waals surface area contributed by atoms with Crippen LogP contribution < -0.4 is 0 Å². The van der Waals surface area contributed by atoms with Gasteiger partial charge >= 0.3 is 0 Å². The summed E-state index contributed by atoms with van der Waals surface area (Å²) in [6, 6.07) is 11.9. The van der Waals surface area contributed by atoms with Crippen molar-refractivity contribution in [2.24, 2.45) is 5.10 Å². The van der Waals surface area contributed by atoms with E-state index in [1.165, 1.54) is 11.3 Å². The highest BCUT2D eigenvalue weighted by molar-refractivity contribution is 7.12. The minimum absolute atomic E-state index is 0.0167. The first-order valence-corrected chi connectivity index (χ1v) is 12.8. The molecule has 0 spiro atoms. The fraction of sp³-hybridized carbons (Fsp3) is 0.318. The van der Waals surface area contributed by atoms with E-state index in [4.69, 9.17) is 5.10 Å². The van der Waals surface area contributed by atoms with Crippen molar-refractivity contribution in [3.05, 3.63) is 67.2 Å². The van der Waals surface area contributed by atoms with Crippen LogP contribution in [0.5, 0.6) is 0 Å². The molecule has 1 unspecified atom stereocenters. The number of nitrogens with zero attached hydrogens (tertiary/aromatic N) is 4. The first kappa shape index (κ1) is 20.6. The lowest BCUT2D eigenvalue weighted by atomic mass is 10.1. The topological polar surface area (TPSA) is 56.2 Å². The van der Waals surface area contributed by atoms with E-state index in [1.54, 1.807) is 27.7 Å². The van der Waals surface area contributed by atoms with Gasteiger partial charge in [0.05, 0.1) is 28.1 Å². The second-order valence-corrected chi connectivity index (χ2v) is 10.4. The number of hydrogen-bond acceptors (Lipinski definition) is 7. The zero-order valence-corrected chi connectivity index (χ0v) is 19.3. The molecule has 5 heterocycles. The third-order valence-electron chi connectivity index (χ3n) is 5.59. The zero-order valence-electron chi connectivity index (χ0n) is 16.8. The van der Waals surface area contributed by atoms with Crippen LogP contribution in [-0.2, 0) is 4.79 Å². The molecule has 0 aromatic carbocycles. The van der Waals surface area contributed by atoms with Gasteiger partial charge in [0, 0.05) is 37.5 Å². The number of thiophene rings is 3. The van der Waals surface area contributed by atoms with Crippen molar-refractivity contribution >= 4 is 51.5 Å². The summed E-state index contributed by atoms with van der Waals surface area (Å²) < 4.78 is 0. The molecule has 1 fully saturated rings. The van der Waals surface area contributed by atoms with Crippen molar-refractivity contribution in [1.82, 2.24) is 14.8 Å². The molecule has 2 amide bonds. The van der Waals surface area contributed by atoms with Gasteiger partial charge in [-0.1, -0.05) is 18.2 Å². The summed E-state index contributed by atoms with van der Waals surface area (Å²) in [7, 11) is 0. The molecule has 0 aliphatic carbocycles. The maximum atomic E-state index is 13.2. The molecule has 0 N–H and O–H groups in total. The fourth-order valence-electron chi connectivity index (χ4n) is 3.96. The van der Waals surface area contributed by atoms with E-state index in [9.17, 15) is 9.59 Å². The molecule has 2 aliphatic heterocycles. The highest BCUT2D eigenvalue weighted by Gasteiger charge is 2.35. The van der Waals surface area contributed by atoms with Crippen molar-refractivity contribution in [3.63, 3.8) is 0 Å². The molecule has 0 saturated carbocycles. The summed E-state index contributed by atoms with van der Waals surface area (Å²) >= 11 is 4.80. The van der Waals surface area contributed by atoms with E-state index in [0.29, 0.717) is 32.7 Å². The number of rotatable bonds is 5. The zero-order chi connectivity index (χ0) is 21.2. The van der Waals surface area contributed by atoms with E-state index < -0.39 is 0 Å². The molecule has 160 valence electrons. The summed E-state index contributed by atoms with van der Waals surface area (Å²) in [5, 5.41) is 12.4. The number of carbonyl (C=O) groups excluding carboxylic acids is 2. The maximum absolute atomic E-state index is 13.2. The first-order valence-electron chi connectivity index (χ1n) is 10.2. The van der Waals surface area contributed by atoms with Crippen LogP contribution in [0.15, 0.2) is 57.6 Å². The molecule has 3 aromatic heterocycles. The Hall–Kier alpha value is -2.33. The second kappa shape index (κ2) is 9.04. The number of hydrazone groups is 1. The van der Waals surface area contributed by atoms with Crippen LogP contribution in [0.25, 0.3) is 0 Å². The number of piperazine rings is 1. The first-order chi connectivity index (χ1) is 15.2. The summed E-state index contributed by atoms with van der Waals surface area (Å²) in [6.07, 6.45) is 0.746. The van der Waals surface area contributed by atoms with Crippen LogP contribution in [0.4, 0.5) is 0 Å². The standard InChI is InChI=1S/C22H22N4O2S3/c27-21(15-24-7-9-25(10-8-24)22(28)20-6-3-13-31-20)26-17(19-5-2-12-30-19)14-16(23-26)18-4-1-11-29-18/h1-6,11-13,17H,7-10,14-15H2. The molecule has 1 atom stereocenters. The van der Waals surface area contributed by atoms with Crippen LogP contribution in [0.3, 0.4) is 0 Å². The fourth-order valence-corrected chi connectivity index (χ4v) is 6.19. The Kier molecular flexibility index (Phi) is 5.99. The van der Waals surface area contributed by atoms with Crippen LogP contribution in [-0.4, -0.2) is 65.1 Å². The molecule has 9 heteroatoms. The lowest BCUT2D eigenvalue weighted by molar-refractivity contribution is -0.134. The Morgan fingerprint density at radius 2 is 1.68 bits per heavy atom. The third-order valence-corrected chi connectivity index (χ3v) is 8.34. The van der Waals surface area contributed by atoms with Gasteiger partial charge in [0.1, 0.15) is 0 Å². The summed E-state index contributed by atoms with van der Waals surface area (Å²) in [4.78, 5) is 32.9. The molecular formula is C22H22N4O2S3. The molecule has 0 bridgehead atoms. The van der Waals surface area contributed by atoms with Crippen molar-refractivity contribution in [3.8, 4) is 0 Å². The number of carbonyl (C=O) groups is 2. The smallest absolute Gasteiger partial charge is 0.264 e. The van der Waals surface area contributed by atoms with Crippen LogP contribution >= 0.6 is 34.0 Å². The van der Waals surface area contributed by atoms with E-state index in [2.05, 4.69) is 17.0 Å². The quantitative estimate of drug-likeness (QED) is 0.566. The lowest BCUT2D eigenvalue weighted by Gasteiger charge is -2.35. The van der Waals surface area contributed by atoms with E-state index in [1.807, 2.05) is 45.3 Å². The van der Waals surface area contributed by atoms with Crippen molar-refractivity contribution in [2.45, 2.75) is 12.5 Å². The normalized spacial score (nSPS) is 19.6. The third kappa shape index (κ3) is 4.36. The van der Waals surface area contributed by atoms with E-state index >= 15 is 0 Å². The molecule has 1 saturated heterocycles. The van der Waals surface area contributed by atoms with Gasteiger partial charge in [-0.25, -0.2) is 5.01 Å². The Morgan fingerprint density at radius 3 is 2.35 bits per heavy atom. The van der Waals surface area contributed by atoms with Gasteiger partial charge in [0.25, 0.3) is 11.8 Å². The Balaban J connectivity index is 1.24. The minimum atomic E-state index is -0.0358. The predicted octanol–water partition coefficient (Wildman–Crippen LogP) is 4.01. The molecular weight excluding hydrogens is 448 g/mol. The van der Waals surface area contributed by atoms with Crippen LogP contribution in [0.2, 0.25) is 0 Å². The summed E-state index contributed by atoms with van der Waals surface area (Å²) in [5.74, 6) is 0.103. The molecule has 2 aliphatic rings. The van der Waals surface area contributed by atoms with Gasteiger partial charge in [-0.3, -0.25) is 14.5 Å². The highest BCUT2D eigenvalue weighted by Crippen LogP contribution is 2.36. The van der Waals surface area contributed by atoms with Gasteiger partial charge in [-0.2, -0.15) is 5.10 Å². The Morgan fingerprint density at radius 1 is 0.935 bits per heavy atom. The largest absolute Gasteiger partial charge is 0.335 e. The predicted molar refractivity (Wildman–Crippen MR) is 126 cm³/mol. The Labute approximate surface area is 193 Å². The molecule has 0 radical (unpaired) electrons. The van der Waals surface area contributed by atoms with Gasteiger partial charge < -0.3 is 4.90 Å². The SMILES string of the molecule is O=C(c1cccs1)N1CCN(CC(=O)N2N=C(c3cccs3)CC2c2cccs2)CC1. The van der Waals surface area contributed by atoms with E-state index in [-0.39, 0.29) is 17.9 Å². The lowest BCUT2D eigenvalue weighted by Crippen LogP contribution is -2.51. The average Bonchev–Trinajstić information content (AvgIpc) is 3.58. The van der Waals surface area contributed by atoms with Crippen molar-refractivity contribution < 1.29 is 9.59 Å². The maximum Gasteiger partial charge on any atom is 0.264 e. The average molecular weight is 471 g/mol. The van der Waals surface area contributed by atoms with Gasteiger partial charge in [-0.05, 0) is 34.3 Å². The number of amides is 2. The van der Waals surface area contributed by atoms with Crippen molar-refractivity contribution in [2.75, 3.05) is 32.7 Å². The van der Waals surface area contributed by atoms with Gasteiger partial charge in [-0.15, -0.1) is 34.0 Å². The monoisotopic (exact) mass is 470 g/mol. The second-order valence-electron chi connectivity index (χ2n) is 7.54. The molecule has 31 heavy (non-hydrogen) atoms. The highest BCUT2D eigenvalue weighted by atomic mass is 32.1. The minimum Gasteiger partial charge on any atom is -0.335 e. The van der Waals surface area contributed by atoms with Crippen LogP contribution in [0, 0.1) is 0 Å². The van der Waals surface area contributed by atoms with Crippen molar-refractivity contribution in [1.29, 1.82) is 0 Å². The molecule has 6 nitrogen and oxygen atoms in total. The molecule has 5 rings (SSSR count). The van der Waals surface area contributed by atoms with Gasteiger partial charge in [0.15, 0.2) is 0 Å². The van der Waals surface area contributed by atoms with Gasteiger partial charge in [0.2, 0.25) is 0 Å². The Bertz CT molecular complexity index is 1050. The number of hydrogen-bond donors (Lipinski definition) is 0. The van der Waals surface area contributed by atoms with Crippen LogP contribution in [0.1, 0.15) is 31.9 Å².